The number of ether oxygens (including phenoxy) is 1. The quantitative estimate of drug-likeness (QED) is 0.635. The summed E-state index contributed by atoms with van der Waals surface area (Å²) in [7, 11) is 7.95. The van der Waals surface area contributed by atoms with Gasteiger partial charge < -0.3 is 14.5 Å². The first-order valence-corrected chi connectivity index (χ1v) is 6.19. The first kappa shape index (κ1) is 16.4. The highest BCUT2D eigenvalue weighted by atomic mass is 16.5. The Balaban J connectivity index is 4.47. The van der Waals surface area contributed by atoms with Crippen molar-refractivity contribution in [3.63, 3.8) is 0 Å². The minimum atomic E-state index is -0.392. The van der Waals surface area contributed by atoms with Gasteiger partial charge in [-0.15, -0.1) is 0 Å². The summed E-state index contributed by atoms with van der Waals surface area (Å²) in [5.41, 5.74) is -0.392. The van der Waals surface area contributed by atoms with Crippen molar-refractivity contribution < 1.29 is 9.53 Å². The van der Waals surface area contributed by atoms with E-state index in [1.54, 1.807) is 0 Å². The number of esters is 1. The van der Waals surface area contributed by atoms with Crippen molar-refractivity contribution in [1.29, 1.82) is 0 Å². The molecule has 4 heteroatoms. The monoisotopic (exact) mass is 244 g/mol. The van der Waals surface area contributed by atoms with Crippen LogP contribution < -0.4 is 0 Å². The summed E-state index contributed by atoms with van der Waals surface area (Å²) in [6, 6.07) is 0. The Labute approximate surface area is 106 Å². The Morgan fingerprint density at radius 1 is 1.12 bits per heavy atom. The van der Waals surface area contributed by atoms with Crippen LogP contribution in [0.2, 0.25) is 0 Å². The van der Waals surface area contributed by atoms with Gasteiger partial charge in [0.05, 0.1) is 5.41 Å². The van der Waals surface area contributed by atoms with Crippen LogP contribution in [0.25, 0.3) is 0 Å². The molecule has 0 bridgehead atoms. The molecule has 0 N–H and O–H groups in total. The molecule has 0 aliphatic carbocycles. The summed E-state index contributed by atoms with van der Waals surface area (Å²) in [5.74, 6) is -0.103. The Kier molecular flexibility index (Phi) is 6.72. The summed E-state index contributed by atoms with van der Waals surface area (Å²) in [5, 5.41) is 0. The van der Waals surface area contributed by atoms with Crippen molar-refractivity contribution >= 4 is 5.97 Å². The van der Waals surface area contributed by atoms with Crippen LogP contribution in [0.15, 0.2) is 0 Å². The topological polar surface area (TPSA) is 32.8 Å². The molecule has 4 nitrogen and oxygen atoms in total. The molecule has 0 aromatic rings. The highest BCUT2D eigenvalue weighted by Crippen LogP contribution is 2.22. The molecule has 0 rings (SSSR count). The fourth-order valence-electron chi connectivity index (χ4n) is 1.40. The van der Waals surface area contributed by atoms with Gasteiger partial charge in [-0.25, -0.2) is 0 Å². The number of hydrogen-bond acceptors (Lipinski definition) is 4. The predicted octanol–water partition coefficient (Wildman–Crippen LogP) is 1.46. The summed E-state index contributed by atoms with van der Waals surface area (Å²) in [4.78, 5) is 16.1. The molecule has 0 spiro atoms. The van der Waals surface area contributed by atoms with E-state index in [0.717, 1.165) is 19.5 Å². The van der Waals surface area contributed by atoms with E-state index >= 15 is 0 Å². The van der Waals surface area contributed by atoms with Gasteiger partial charge in [0, 0.05) is 13.1 Å². The largest absolute Gasteiger partial charge is 0.459 e. The van der Waals surface area contributed by atoms with Gasteiger partial charge in [-0.1, -0.05) is 6.92 Å². The summed E-state index contributed by atoms with van der Waals surface area (Å²) in [6.07, 6.45) is 0.723. The predicted molar refractivity (Wildman–Crippen MR) is 71.1 cm³/mol. The van der Waals surface area contributed by atoms with E-state index in [1.165, 1.54) is 0 Å². The zero-order valence-electron chi connectivity index (χ0n) is 12.4. The minimum absolute atomic E-state index is 0.0710. The van der Waals surface area contributed by atoms with Crippen LogP contribution in [-0.2, 0) is 9.53 Å². The van der Waals surface area contributed by atoms with Crippen LogP contribution in [0.1, 0.15) is 27.2 Å². The second-order valence-electron chi connectivity index (χ2n) is 5.79. The van der Waals surface area contributed by atoms with Crippen LogP contribution in [0.5, 0.6) is 0 Å². The lowest BCUT2D eigenvalue weighted by atomic mass is 9.90. The lowest BCUT2D eigenvalue weighted by molar-refractivity contribution is -0.161. The minimum Gasteiger partial charge on any atom is -0.459 e. The van der Waals surface area contributed by atoms with Crippen LogP contribution in [-0.4, -0.2) is 63.2 Å². The van der Waals surface area contributed by atoms with E-state index in [9.17, 15) is 4.79 Å². The van der Waals surface area contributed by atoms with Gasteiger partial charge in [0.1, 0.15) is 6.10 Å². The third kappa shape index (κ3) is 6.64. The molecule has 0 fully saturated rings. The molecule has 0 aliphatic heterocycles. The van der Waals surface area contributed by atoms with Gasteiger partial charge in [0.15, 0.2) is 0 Å². The first-order valence-electron chi connectivity index (χ1n) is 6.19. The van der Waals surface area contributed by atoms with Crippen molar-refractivity contribution in [1.82, 2.24) is 9.80 Å². The van der Waals surface area contributed by atoms with Crippen LogP contribution in [0.3, 0.4) is 0 Å². The number of rotatable bonds is 7. The fourth-order valence-corrected chi connectivity index (χ4v) is 1.40. The molecule has 0 saturated heterocycles. The average molecular weight is 244 g/mol. The molecule has 0 heterocycles. The van der Waals surface area contributed by atoms with Gasteiger partial charge in [-0.05, 0) is 48.5 Å². The van der Waals surface area contributed by atoms with Crippen LogP contribution in [0.4, 0.5) is 0 Å². The van der Waals surface area contributed by atoms with Crippen molar-refractivity contribution in [3.05, 3.63) is 0 Å². The second-order valence-corrected chi connectivity index (χ2v) is 5.79. The summed E-state index contributed by atoms with van der Waals surface area (Å²) in [6.45, 7) is 7.37. The molecule has 0 aromatic heterocycles. The molecule has 102 valence electrons. The molecule has 0 amide bonds. The van der Waals surface area contributed by atoms with Gasteiger partial charge in [0.25, 0.3) is 0 Å². The third-order valence-corrected chi connectivity index (χ3v) is 2.85. The SMILES string of the molecule is CCC(C)(C)C(=O)OC(CN(C)C)CN(C)C. The third-order valence-electron chi connectivity index (χ3n) is 2.85. The molecule has 0 unspecified atom stereocenters. The molecule has 0 atom stereocenters. The molecule has 0 aliphatic rings. The average Bonchev–Trinajstić information content (AvgIpc) is 2.15. The number of carbonyl (C=O) groups excluding carboxylic acids is 1. The lowest BCUT2D eigenvalue weighted by Gasteiger charge is -2.28. The Morgan fingerprint density at radius 3 is 1.82 bits per heavy atom. The molecular weight excluding hydrogens is 216 g/mol. The normalized spacial score (nSPS) is 12.6. The van der Waals surface area contributed by atoms with Crippen molar-refractivity contribution in [2.75, 3.05) is 41.3 Å². The maximum atomic E-state index is 12.0. The van der Waals surface area contributed by atoms with E-state index < -0.39 is 5.41 Å². The fraction of sp³-hybridized carbons (Fsp3) is 0.923. The maximum Gasteiger partial charge on any atom is 0.311 e. The van der Waals surface area contributed by atoms with E-state index in [1.807, 2.05) is 58.8 Å². The molecule has 17 heavy (non-hydrogen) atoms. The van der Waals surface area contributed by atoms with Crippen molar-refractivity contribution in [3.8, 4) is 0 Å². The first-order chi connectivity index (χ1) is 7.69. The Morgan fingerprint density at radius 2 is 1.53 bits per heavy atom. The van der Waals surface area contributed by atoms with Crippen molar-refractivity contribution in [2.24, 2.45) is 5.41 Å². The van der Waals surface area contributed by atoms with E-state index in [0.29, 0.717) is 0 Å². The lowest BCUT2D eigenvalue weighted by Crippen LogP contribution is -2.40. The zero-order valence-corrected chi connectivity index (χ0v) is 12.4. The zero-order chi connectivity index (χ0) is 13.6. The van der Waals surface area contributed by atoms with Gasteiger partial charge in [-0.3, -0.25) is 4.79 Å². The number of nitrogens with zero attached hydrogens (tertiary/aromatic N) is 2. The van der Waals surface area contributed by atoms with Crippen LogP contribution >= 0.6 is 0 Å². The molecule has 0 saturated carbocycles. The standard InChI is InChI=1S/C13H28N2O2/c1-8-13(2,3)12(16)17-11(9-14(4)5)10-15(6)7/h11H,8-10H2,1-7H3. The molecule has 0 aromatic carbocycles. The highest BCUT2D eigenvalue weighted by molar-refractivity contribution is 5.76. The summed E-state index contributed by atoms with van der Waals surface area (Å²) >= 11 is 0. The van der Waals surface area contributed by atoms with E-state index in [-0.39, 0.29) is 12.1 Å². The highest BCUT2D eigenvalue weighted by Gasteiger charge is 2.29. The number of likely N-dealkylation sites (N-methyl/N-ethyl adjacent to an activating group) is 2. The number of carbonyl (C=O) groups is 1. The second kappa shape index (κ2) is 6.97. The molecular formula is C13H28N2O2. The Bertz CT molecular complexity index is 228. The smallest absolute Gasteiger partial charge is 0.311 e. The van der Waals surface area contributed by atoms with Gasteiger partial charge in [-0.2, -0.15) is 0 Å². The van der Waals surface area contributed by atoms with Gasteiger partial charge >= 0.3 is 5.97 Å². The van der Waals surface area contributed by atoms with Crippen LogP contribution in [0, 0.1) is 5.41 Å². The maximum absolute atomic E-state index is 12.0. The van der Waals surface area contributed by atoms with Gasteiger partial charge in [0.2, 0.25) is 0 Å². The van der Waals surface area contributed by atoms with Crippen molar-refractivity contribution in [2.45, 2.75) is 33.3 Å². The Hall–Kier alpha value is -0.610. The molecule has 0 radical (unpaired) electrons. The van der Waals surface area contributed by atoms with E-state index in [2.05, 4.69) is 0 Å². The number of hydrogen-bond donors (Lipinski definition) is 0. The van der Waals surface area contributed by atoms with E-state index in [4.69, 9.17) is 4.74 Å². The summed E-state index contributed by atoms with van der Waals surface area (Å²) < 4.78 is 5.61.